The van der Waals surface area contributed by atoms with Crippen molar-refractivity contribution < 1.29 is 14.3 Å². The molecular weight excluding hydrogens is 444 g/mol. The smallest absolute Gasteiger partial charge is 0.244 e. The Hall–Kier alpha value is -2.78. The zero-order valence-corrected chi connectivity index (χ0v) is 21.3. The van der Waals surface area contributed by atoms with Gasteiger partial charge in [0.2, 0.25) is 11.8 Å². The van der Waals surface area contributed by atoms with Crippen LogP contribution in [-0.4, -0.2) is 81.8 Å². The number of anilines is 1. The first-order valence-corrected chi connectivity index (χ1v) is 12.8. The summed E-state index contributed by atoms with van der Waals surface area (Å²) in [5.41, 5.74) is 1.88. The average Bonchev–Trinajstić information content (AvgIpc) is 3.15. The third kappa shape index (κ3) is 6.46. The molecule has 4 rings (SSSR count). The van der Waals surface area contributed by atoms with Crippen molar-refractivity contribution in [1.29, 1.82) is 0 Å². The lowest BCUT2D eigenvalue weighted by atomic mass is 10.1. The summed E-state index contributed by atoms with van der Waals surface area (Å²) in [5.74, 6) is 1.44. The van der Waals surface area contributed by atoms with E-state index in [1.54, 1.807) is 11.6 Å². The van der Waals surface area contributed by atoms with E-state index in [0.29, 0.717) is 31.5 Å². The number of hydrogen-bond acceptors (Lipinski definition) is 6. The fourth-order valence-electron chi connectivity index (χ4n) is 5.22. The minimum atomic E-state index is 0.0110. The number of rotatable bonds is 3. The number of carbonyl (C=O) groups excluding carboxylic acids is 2. The molecule has 35 heavy (non-hydrogen) atoms. The van der Waals surface area contributed by atoms with E-state index < -0.39 is 0 Å². The summed E-state index contributed by atoms with van der Waals surface area (Å²) in [6, 6.07) is 8.45. The summed E-state index contributed by atoms with van der Waals surface area (Å²) in [7, 11) is 0. The highest BCUT2D eigenvalue weighted by Gasteiger charge is 2.25. The summed E-state index contributed by atoms with van der Waals surface area (Å²) < 4.78 is 7.26. The first-order chi connectivity index (χ1) is 16.9. The molecule has 1 aromatic heterocycles. The maximum absolute atomic E-state index is 13.5. The van der Waals surface area contributed by atoms with Crippen LogP contribution in [0.1, 0.15) is 49.8 Å². The third-order valence-corrected chi connectivity index (χ3v) is 7.03. The molecule has 0 spiro atoms. The molecule has 3 heterocycles. The molecule has 2 aromatic rings. The van der Waals surface area contributed by atoms with Gasteiger partial charge in [0.05, 0.1) is 0 Å². The van der Waals surface area contributed by atoms with Crippen LogP contribution in [0.4, 0.5) is 5.69 Å². The van der Waals surface area contributed by atoms with Crippen LogP contribution in [0.25, 0.3) is 0 Å². The molecule has 1 aromatic carbocycles. The number of aryl methyl sites for hydroxylation is 2. The number of aromatic nitrogens is 3. The number of ether oxygens (including phenoxy) is 1. The molecule has 0 N–H and O–H groups in total. The van der Waals surface area contributed by atoms with Gasteiger partial charge < -0.3 is 19.4 Å². The van der Waals surface area contributed by atoms with E-state index in [0.717, 1.165) is 69.1 Å². The monoisotopic (exact) mass is 482 g/mol. The Bertz CT molecular complexity index is 1020. The molecule has 2 aliphatic heterocycles. The topological polar surface area (TPSA) is 83.8 Å². The van der Waals surface area contributed by atoms with Crippen molar-refractivity contribution >= 4 is 17.5 Å². The summed E-state index contributed by atoms with van der Waals surface area (Å²) in [5, 5.41) is 4.39. The summed E-state index contributed by atoms with van der Waals surface area (Å²) >= 11 is 0. The van der Waals surface area contributed by atoms with Gasteiger partial charge in [-0.15, -0.1) is 0 Å². The Morgan fingerprint density at radius 2 is 1.74 bits per heavy atom. The number of hydrogen-bond donors (Lipinski definition) is 0. The fourth-order valence-corrected chi connectivity index (χ4v) is 5.22. The van der Waals surface area contributed by atoms with Gasteiger partial charge in [0.15, 0.2) is 0 Å². The van der Waals surface area contributed by atoms with E-state index in [1.807, 2.05) is 47.9 Å². The maximum atomic E-state index is 13.5. The van der Waals surface area contributed by atoms with Crippen molar-refractivity contribution in [2.45, 2.75) is 65.6 Å². The Balaban J connectivity index is 1.59. The molecule has 190 valence electrons. The minimum absolute atomic E-state index is 0.0110. The van der Waals surface area contributed by atoms with Crippen LogP contribution >= 0.6 is 0 Å². The van der Waals surface area contributed by atoms with Gasteiger partial charge in [0.1, 0.15) is 18.2 Å². The lowest BCUT2D eigenvalue weighted by Gasteiger charge is -2.36. The standard InChI is InChI=1S/C26H38N6O3/c1-20-27-21(2)32(28-20)19-26(34)30-14-6-12-29(24-10-16-35-17-11-24)13-7-15-31(22(3)33)25-9-5-4-8-23(25)18-30/h4-5,8-9,24H,6-7,10-19H2,1-3H3. The molecule has 0 bridgehead atoms. The molecule has 0 unspecified atom stereocenters. The summed E-state index contributed by atoms with van der Waals surface area (Å²) in [4.78, 5) is 36.8. The molecule has 0 aliphatic carbocycles. The van der Waals surface area contributed by atoms with Gasteiger partial charge >= 0.3 is 0 Å². The van der Waals surface area contributed by atoms with Crippen LogP contribution in [0, 0.1) is 13.8 Å². The van der Waals surface area contributed by atoms with Crippen molar-refractivity contribution in [1.82, 2.24) is 24.6 Å². The van der Waals surface area contributed by atoms with Crippen molar-refractivity contribution in [3.8, 4) is 0 Å². The van der Waals surface area contributed by atoms with Crippen LogP contribution in [0.2, 0.25) is 0 Å². The zero-order chi connectivity index (χ0) is 24.8. The van der Waals surface area contributed by atoms with Gasteiger partial charge in [-0.2, -0.15) is 5.10 Å². The van der Waals surface area contributed by atoms with Gasteiger partial charge in [-0.25, -0.2) is 9.67 Å². The van der Waals surface area contributed by atoms with Gasteiger partial charge in [0, 0.05) is 64.6 Å². The Kier molecular flexibility index (Phi) is 8.51. The Labute approximate surface area is 208 Å². The number of carbonyl (C=O) groups is 2. The Morgan fingerprint density at radius 1 is 1.03 bits per heavy atom. The van der Waals surface area contributed by atoms with Crippen molar-refractivity contribution in [3.63, 3.8) is 0 Å². The average molecular weight is 483 g/mol. The zero-order valence-electron chi connectivity index (χ0n) is 21.3. The van der Waals surface area contributed by atoms with Crippen LogP contribution in [0.3, 0.4) is 0 Å². The lowest BCUT2D eigenvalue weighted by molar-refractivity contribution is -0.132. The number of fused-ring (bicyclic) bond motifs is 1. The van der Waals surface area contributed by atoms with Crippen molar-refractivity contribution in [2.75, 3.05) is 44.3 Å². The van der Waals surface area contributed by atoms with E-state index in [4.69, 9.17) is 4.74 Å². The largest absolute Gasteiger partial charge is 0.381 e. The number of para-hydroxylation sites is 1. The molecular formula is C26H38N6O3. The minimum Gasteiger partial charge on any atom is -0.381 e. The molecule has 1 saturated heterocycles. The van der Waals surface area contributed by atoms with Crippen LogP contribution in [0.15, 0.2) is 24.3 Å². The highest BCUT2D eigenvalue weighted by molar-refractivity contribution is 5.92. The van der Waals surface area contributed by atoms with Crippen molar-refractivity contribution in [2.24, 2.45) is 0 Å². The van der Waals surface area contributed by atoms with E-state index >= 15 is 0 Å². The number of amides is 2. The number of benzene rings is 1. The van der Waals surface area contributed by atoms with Crippen LogP contribution in [0.5, 0.6) is 0 Å². The lowest BCUT2D eigenvalue weighted by Crippen LogP contribution is -2.44. The van der Waals surface area contributed by atoms with Gasteiger partial charge in [-0.1, -0.05) is 18.2 Å². The van der Waals surface area contributed by atoms with Gasteiger partial charge in [0.25, 0.3) is 0 Å². The molecule has 9 nitrogen and oxygen atoms in total. The predicted octanol–water partition coefficient (Wildman–Crippen LogP) is 2.55. The predicted molar refractivity (Wildman–Crippen MR) is 134 cm³/mol. The molecule has 0 saturated carbocycles. The first kappa shape index (κ1) is 25.3. The summed E-state index contributed by atoms with van der Waals surface area (Å²) in [6.45, 7) is 10.7. The molecule has 9 heteroatoms. The second kappa shape index (κ2) is 11.8. The highest BCUT2D eigenvalue weighted by Crippen LogP contribution is 2.24. The van der Waals surface area contributed by atoms with Gasteiger partial charge in [-0.3, -0.25) is 9.59 Å². The molecule has 2 amide bonds. The van der Waals surface area contributed by atoms with E-state index in [9.17, 15) is 9.59 Å². The summed E-state index contributed by atoms with van der Waals surface area (Å²) in [6.07, 6.45) is 3.88. The quantitative estimate of drug-likeness (QED) is 0.669. The van der Waals surface area contributed by atoms with E-state index in [2.05, 4.69) is 15.0 Å². The van der Waals surface area contributed by atoms with Crippen LogP contribution < -0.4 is 4.90 Å². The second-order valence-corrected chi connectivity index (χ2v) is 9.57. The fraction of sp³-hybridized carbons (Fsp3) is 0.615. The normalized spacial score (nSPS) is 19.1. The second-order valence-electron chi connectivity index (χ2n) is 9.57. The molecule has 0 atom stereocenters. The van der Waals surface area contributed by atoms with E-state index in [-0.39, 0.29) is 18.4 Å². The molecule has 1 fully saturated rings. The molecule has 2 aliphatic rings. The van der Waals surface area contributed by atoms with E-state index in [1.165, 1.54) is 0 Å². The first-order valence-electron chi connectivity index (χ1n) is 12.8. The molecule has 0 radical (unpaired) electrons. The maximum Gasteiger partial charge on any atom is 0.244 e. The number of nitrogens with zero attached hydrogens (tertiary/aromatic N) is 6. The highest BCUT2D eigenvalue weighted by atomic mass is 16.5. The van der Waals surface area contributed by atoms with Crippen LogP contribution in [-0.2, 0) is 27.4 Å². The SMILES string of the molecule is CC(=O)N1CCCN(C2CCOCC2)CCCN(C(=O)Cn2nc(C)nc2C)Cc2ccccc21. The Morgan fingerprint density at radius 3 is 2.43 bits per heavy atom. The van der Waals surface area contributed by atoms with Crippen molar-refractivity contribution in [3.05, 3.63) is 41.5 Å². The third-order valence-electron chi connectivity index (χ3n) is 7.03. The van der Waals surface area contributed by atoms with Gasteiger partial charge in [-0.05, 0) is 51.2 Å².